The van der Waals surface area contributed by atoms with E-state index in [9.17, 15) is 18.5 Å². The van der Waals surface area contributed by atoms with E-state index in [4.69, 9.17) is 11.6 Å². The van der Waals surface area contributed by atoms with Crippen molar-refractivity contribution in [2.75, 3.05) is 6.54 Å². The number of rotatable bonds is 5. The van der Waals surface area contributed by atoms with Gasteiger partial charge in [-0.1, -0.05) is 23.8 Å². The molecule has 0 atom stereocenters. The molecule has 0 saturated carbocycles. The van der Waals surface area contributed by atoms with Crippen LogP contribution in [0.25, 0.3) is 0 Å². The lowest BCUT2D eigenvalue weighted by molar-refractivity contribution is -0.385. The first kappa shape index (κ1) is 15.6. The predicted molar refractivity (Wildman–Crippen MR) is 72.8 cm³/mol. The van der Waals surface area contributed by atoms with Gasteiger partial charge in [-0.3, -0.25) is 10.1 Å². The highest BCUT2D eigenvalue weighted by atomic mass is 35.5. The number of nitro benzene ring substituents is 1. The molecule has 19 heavy (non-hydrogen) atoms. The van der Waals surface area contributed by atoms with Crippen LogP contribution in [0.5, 0.6) is 0 Å². The Morgan fingerprint density at radius 3 is 2.58 bits per heavy atom. The second-order valence-electron chi connectivity index (χ2n) is 4.09. The van der Waals surface area contributed by atoms with Crippen LogP contribution in [0.4, 0.5) is 5.69 Å². The van der Waals surface area contributed by atoms with Crippen LogP contribution < -0.4 is 4.72 Å². The van der Waals surface area contributed by atoms with Gasteiger partial charge in [0.15, 0.2) is 0 Å². The predicted octanol–water partition coefficient (Wildman–Crippen LogP) is 2.41. The number of halogens is 1. The van der Waals surface area contributed by atoms with Crippen molar-refractivity contribution in [3.63, 3.8) is 0 Å². The molecule has 1 aromatic carbocycles. The van der Waals surface area contributed by atoms with Crippen LogP contribution in [-0.4, -0.2) is 19.9 Å². The Morgan fingerprint density at radius 2 is 2.11 bits per heavy atom. The molecule has 6 nitrogen and oxygen atoms in total. The Balaban J connectivity index is 3.28. The van der Waals surface area contributed by atoms with Crippen molar-refractivity contribution in [2.45, 2.75) is 18.7 Å². The maximum atomic E-state index is 11.9. The van der Waals surface area contributed by atoms with Gasteiger partial charge in [-0.15, -0.1) is 0 Å². The lowest BCUT2D eigenvalue weighted by atomic mass is 10.2. The number of nitrogens with zero attached hydrogens (tertiary/aromatic N) is 1. The van der Waals surface area contributed by atoms with E-state index in [0.29, 0.717) is 5.57 Å². The molecule has 1 N–H and O–H groups in total. The summed E-state index contributed by atoms with van der Waals surface area (Å²) in [6.45, 7) is 6.74. The Morgan fingerprint density at radius 1 is 1.53 bits per heavy atom. The number of nitrogens with one attached hydrogen (secondary N) is 1. The molecule has 0 amide bonds. The molecule has 104 valence electrons. The average Bonchev–Trinajstić information content (AvgIpc) is 2.29. The largest absolute Gasteiger partial charge is 0.275 e. The van der Waals surface area contributed by atoms with Crippen LogP contribution >= 0.6 is 11.6 Å². The zero-order valence-electron chi connectivity index (χ0n) is 10.4. The molecule has 0 saturated heterocycles. The summed E-state index contributed by atoms with van der Waals surface area (Å²) in [5.74, 6) is 0. The first-order valence-electron chi connectivity index (χ1n) is 5.23. The van der Waals surface area contributed by atoms with Crippen molar-refractivity contribution in [1.29, 1.82) is 0 Å². The molecule has 0 aromatic heterocycles. The molecule has 0 aliphatic heterocycles. The first-order valence-corrected chi connectivity index (χ1v) is 7.10. The van der Waals surface area contributed by atoms with Gasteiger partial charge in [0.1, 0.15) is 0 Å². The van der Waals surface area contributed by atoms with E-state index in [1.54, 1.807) is 6.92 Å². The standard InChI is InChI=1S/C11H13ClN2O4S/c1-7(2)6-13-19(17,18)9-4-10(12)8(3)11(5-9)14(15)16/h4-5,13H,1,6H2,2-3H3. The van der Waals surface area contributed by atoms with Crippen LogP contribution in [0.1, 0.15) is 12.5 Å². The minimum Gasteiger partial charge on any atom is -0.258 e. The Hall–Kier alpha value is -1.44. The van der Waals surface area contributed by atoms with Gasteiger partial charge in [0.2, 0.25) is 10.0 Å². The molecule has 0 aliphatic rings. The highest BCUT2D eigenvalue weighted by molar-refractivity contribution is 7.89. The summed E-state index contributed by atoms with van der Waals surface area (Å²) in [5, 5.41) is 10.9. The van der Waals surface area contributed by atoms with E-state index in [1.165, 1.54) is 13.0 Å². The normalized spacial score (nSPS) is 11.3. The lowest BCUT2D eigenvalue weighted by Gasteiger charge is -2.08. The molecule has 0 radical (unpaired) electrons. The minimum absolute atomic E-state index is 0.0323. The van der Waals surface area contributed by atoms with E-state index in [1.807, 2.05) is 0 Å². The third-order valence-corrected chi connectivity index (χ3v) is 4.13. The van der Waals surface area contributed by atoms with Gasteiger partial charge < -0.3 is 0 Å². The van der Waals surface area contributed by atoms with E-state index < -0.39 is 14.9 Å². The molecule has 0 fully saturated rings. The lowest BCUT2D eigenvalue weighted by Crippen LogP contribution is -2.25. The summed E-state index contributed by atoms with van der Waals surface area (Å²) in [4.78, 5) is 9.93. The van der Waals surface area contributed by atoms with Crippen molar-refractivity contribution in [3.8, 4) is 0 Å². The number of hydrogen-bond acceptors (Lipinski definition) is 4. The fraction of sp³-hybridized carbons (Fsp3) is 0.273. The highest BCUT2D eigenvalue weighted by Gasteiger charge is 2.22. The number of benzene rings is 1. The fourth-order valence-electron chi connectivity index (χ4n) is 1.29. The molecule has 0 aliphatic carbocycles. The van der Waals surface area contributed by atoms with E-state index in [-0.39, 0.29) is 27.7 Å². The summed E-state index contributed by atoms with van der Waals surface area (Å²) in [6.07, 6.45) is 0. The van der Waals surface area contributed by atoms with Crippen LogP contribution in [0.3, 0.4) is 0 Å². The van der Waals surface area contributed by atoms with Crippen molar-refractivity contribution in [2.24, 2.45) is 0 Å². The molecule has 1 aromatic rings. The maximum absolute atomic E-state index is 11.9. The smallest absolute Gasteiger partial charge is 0.258 e. The summed E-state index contributed by atoms with van der Waals surface area (Å²) in [5.41, 5.74) is 0.519. The van der Waals surface area contributed by atoms with Gasteiger partial charge in [0.05, 0.1) is 14.8 Å². The van der Waals surface area contributed by atoms with Gasteiger partial charge in [0.25, 0.3) is 5.69 Å². The fourth-order valence-corrected chi connectivity index (χ4v) is 2.71. The van der Waals surface area contributed by atoms with Crippen LogP contribution in [0.15, 0.2) is 29.2 Å². The van der Waals surface area contributed by atoms with Crippen LogP contribution in [0.2, 0.25) is 5.02 Å². The monoisotopic (exact) mass is 304 g/mol. The molecule has 8 heteroatoms. The van der Waals surface area contributed by atoms with Crippen LogP contribution in [-0.2, 0) is 10.0 Å². The molecule has 0 bridgehead atoms. The zero-order chi connectivity index (χ0) is 14.8. The van der Waals surface area contributed by atoms with Crippen molar-refractivity contribution in [3.05, 3.63) is 45.0 Å². The highest BCUT2D eigenvalue weighted by Crippen LogP contribution is 2.29. The third kappa shape index (κ3) is 3.76. The van der Waals surface area contributed by atoms with E-state index >= 15 is 0 Å². The molecule has 0 heterocycles. The van der Waals surface area contributed by atoms with Gasteiger partial charge in [-0.25, -0.2) is 13.1 Å². The molecule has 0 unspecified atom stereocenters. The summed E-state index contributed by atoms with van der Waals surface area (Å²) in [6, 6.07) is 2.17. The van der Waals surface area contributed by atoms with Gasteiger partial charge in [-0.2, -0.15) is 0 Å². The quantitative estimate of drug-likeness (QED) is 0.514. The Bertz CT molecular complexity index is 640. The molecular formula is C11H13ClN2O4S. The second kappa shape index (κ2) is 5.68. The Labute approximate surface area is 116 Å². The van der Waals surface area contributed by atoms with Crippen molar-refractivity contribution >= 4 is 27.3 Å². The Kier molecular flexibility index (Phi) is 4.67. The van der Waals surface area contributed by atoms with E-state index in [0.717, 1.165) is 6.07 Å². The molecular weight excluding hydrogens is 292 g/mol. The van der Waals surface area contributed by atoms with Gasteiger partial charge in [-0.05, 0) is 19.9 Å². The first-order chi connectivity index (χ1) is 8.65. The minimum atomic E-state index is -3.85. The van der Waals surface area contributed by atoms with Gasteiger partial charge in [0, 0.05) is 18.2 Å². The number of sulfonamides is 1. The summed E-state index contributed by atoms with van der Waals surface area (Å²) < 4.78 is 26.2. The number of nitro groups is 1. The zero-order valence-corrected chi connectivity index (χ0v) is 12.0. The SMILES string of the molecule is C=C(C)CNS(=O)(=O)c1cc(Cl)c(C)c([N+](=O)[O-])c1. The third-order valence-electron chi connectivity index (χ3n) is 2.36. The number of hydrogen-bond donors (Lipinski definition) is 1. The van der Waals surface area contributed by atoms with Crippen molar-refractivity contribution in [1.82, 2.24) is 4.72 Å². The topological polar surface area (TPSA) is 89.3 Å². The average molecular weight is 305 g/mol. The van der Waals surface area contributed by atoms with E-state index in [2.05, 4.69) is 11.3 Å². The van der Waals surface area contributed by atoms with Gasteiger partial charge >= 0.3 is 0 Å². The molecule has 0 spiro atoms. The summed E-state index contributed by atoms with van der Waals surface area (Å²) in [7, 11) is -3.85. The maximum Gasteiger partial charge on any atom is 0.275 e. The summed E-state index contributed by atoms with van der Waals surface area (Å²) >= 11 is 5.82. The molecule has 1 rings (SSSR count). The van der Waals surface area contributed by atoms with Crippen LogP contribution in [0, 0.1) is 17.0 Å². The van der Waals surface area contributed by atoms with Crippen molar-refractivity contribution < 1.29 is 13.3 Å². The second-order valence-corrected chi connectivity index (χ2v) is 6.26.